The normalized spacial score (nSPS) is 51.7. The van der Waals surface area contributed by atoms with Crippen molar-refractivity contribution in [1.29, 1.82) is 0 Å². The summed E-state index contributed by atoms with van der Waals surface area (Å²) >= 11 is 2.54. The van der Waals surface area contributed by atoms with Crippen LogP contribution in [-0.4, -0.2) is 10.5 Å². The zero-order valence-electron chi connectivity index (χ0n) is 33.0. The van der Waals surface area contributed by atoms with E-state index in [2.05, 4.69) is 30.3 Å². The van der Waals surface area contributed by atoms with E-state index in [-0.39, 0.29) is 0 Å². The van der Waals surface area contributed by atoms with Gasteiger partial charge in [-0.15, -0.1) is 0 Å². The van der Waals surface area contributed by atoms with E-state index < -0.39 is 0 Å². The second-order valence-electron chi connectivity index (χ2n) is 21.9. The molecule has 11 aliphatic rings. The number of rotatable bonds is 4. The first-order valence-corrected chi connectivity index (χ1v) is 25.2. The number of hydrogen-bond acceptors (Lipinski definition) is 1. The monoisotopic (exact) mass is 709 g/mol. The molecule has 0 bridgehead atoms. The molecule has 51 heavy (non-hydrogen) atoms. The third-order valence-electron chi connectivity index (χ3n) is 20.1. The van der Waals surface area contributed by atoms with Crippen LogP contribution in [0, 0.1) is 94.7 Å². The van der Waals surface area contributed by atoms with Crippen LogP contribution in [-0.2, 0) is 0 Å². The molecule has 0 aromatic rings. The minimum Gasteiger partial charge on any atom is -0.155 e. The molecule has 0 nitrogen and oxygen atoms in total. The number of thioether (sulfide) groups is 1. The highest BCUT2D eigenvalue weighted by molar-refractivity contribution is 8.00. The van der Waals surface area contributed by atoms with Crippen LogP contribution in [0.3, 0.4) is 0 Å². The Bertz CT molecular complexity index is 1330. The fraction of sp³-hybridized carbons (Fsp3) is 0.920. The largest absolute Gasteiger partial charge is 0.155 e. The van der Waals surface area contributed by atoms with Crippen LogP contribution in [0.25, 0.3) is 0 Å². The molecule has 16 atom stereocenters. The molecule has 0 radical (unpaired) electrons. The Labute approximate surface area is 318 Å². The molecule has 0 amide bonds. The third-order valence-corrected chi connectivity index (χ3v) is 22.0. The molecule has 10 fully saturated rings. The van der Waals surface area contributed by atoms with Gasteiger partial charge < -0.3 is 0 Å². The van der Waals surface area contributed by atoms with Gasteiger partial charge in [0, 0.05) is 16.4 Å². The van der Waals surface area contributed by atoms with Crippen LogP contribution < -0.4 is 0 Å². The first-order chi connectivity index (χ1) is 25.2. The Kier molecular flexibility index (Phi) is 9.42. The molecule has 0 aromatic carbocycles. The van der Waals surface area contributed by atoms with Gasteiger partial charge in [0.25, 0.3) is 0 Å². The molecule has 1 aliphatic heterocycles. The van der Waals surface area contributed by atoms with Crippen LogP contribution in [0.1, 0.15) is 180 Å². The molecule has 1 heterocycles. The second kappa shape index (κ2) is 14.1. The zero-order chi connectivity index (χ0) is 33.6. The maximum Gasteiger partial charge on any atom is 0.00839 e. The van der Waals surface area contributed by atoms with E-state index in [1.54, 1.807) is 96.3 Å². The number of hydrogen-bond donors (Lipinski definition) is 0. The first kappa shape index (κ1) is 34.1. The van der Waals surface area contributed by atoms with Gasteiger partial charge in [0.1, 0.15) is 0 Å². The van der Waals surface area contributed by atoms with Crippen LogP contribution in [0.2, 0.25) is 0 Å². The Morgan fingerprint density at radius 1 is 0.451 bits per heavy atom. The summed E-state index contributed by atoms with van der Waals surface area (Å²) in [6, 6.07) is 0. The molecule has 0 spiro atoms. The molecule has 0 N–H and O–H groups in total. The Hall–Kier alpha value is -0.170. The van der Waals surface area contributed by atoms with Crippen molar-refractivity contribution in [2.75, 3.05) is 0 Å². The van der Waals surface area contributed by atoms with Crippen LogP contribution in [0.4, 0.5) is 0 Å². The van der Waals surface area contributed by atoms with Crippen molar-refractivity contribution < 1.29 is 0 Å². The molecule has 1 heteroatoms. The average molecular weight is 709 g/mol. The van der Waals surface area contributed by atoms with Crippen molar-refractivity contribution in [3.05, 3.63) is 22.8 Å². The maximum atomic E-state index is 2.97. The minimum atomic E-state index is 0.795. The Morgan fingerprint density at radius 2 is 1.08 bits per heavy atom. The van der Waals surface area contributed by atoms with E-state index in [0.29, 0.717) is 0 Å². The average Bonchev–Trinajstić information content (AvgIpc) is 3.78. The van der Waals surface area contributed by atoms with Crippen LogP contribution >= 0.6 is 11.8 Å². The van der Waals surface area contributed by atoms with Gasteiger partial charge in [0.2, 0.25) is 0 Å². The highest BCUT2D eigenvalue weighted by Gasteiger charge is 2.65. The summed E-state index contributed by atoms with van der Waals surface area (Å²) in [4.78, 5) is 0. The summed E-state index contributed by atoms with van der Waals surface area (Å²) < 4.78 is 0. The Morgan fingerprint density at radius 3 is 1.88 bits per heavy atom. The van der Waals surface area contributed by atoms with E-state index in [1.807, 2.05) is 11.1 Å². The van der Waals surface area contributed by atoms with E-state index in [0.717, 1.165) is 105 Å². The van der Waals surface area contributed by atoms with Crippen molar-refractivity contribution >= 4 is 11.8 Å². The molecule has 0 aromatic heterocycles. The summed E-state index contributed by atoms with van der Waals surface area (Å²) in [5, 5.41) is 2.12. The predicted molar refractivity (Wildman–Crippen MR) is 216 cm³/mol. The van der Waals surface area contributed by atoms with Gasteiger partial charge in [0.15, 0.2) is 0 Å². The smallest absolute Gasteiger partial charge is 0.00839 e. The van der Waals surface area contributed by atoms with Crippen molar-refractivity contribution in [3.63, 3.8) is 0 Å². The molecule has 1 saturated heterocycles. The van der Waals surface area contributed by atoms with Gasteiger partial charge in [-0.2, -0.15) is 11.8 Å². The summed E-state index contributed by atoms with van der Waals surface area (Å²) in [6.07, 6.45) is 45.0. The SMILES string of the molecule is CC1=C(C2CCCC3C4CCCCC4C4CC5C(CC4C23)C5C2CCC3C(C2)SC2CCCCC23)CC(C2CCCCC2)=CC1C1CCCCC1. The lowest BCUT2D eigenvalue weighted by Crippen LogP contribution is -2.53. The van der Waals surface area contributed by atoms with Gasteiger partial charge >= 0.3 is 0 Å². The van der Waals surface area contributed by atoms with Gasteiger partial charge in [0.05, 0.1) is 0 Å². The highest BCUT2D eigenvalue weighted by atomic mass is 32.2. The summed E-state index contributed by atoms with van der Waals surface area (Å²) in [5.41, 5.74) is 6.00. The van der Waals surface area contributed by atoms with Gasteiger partial charge in [-0.05, 0) is 198 Å². The molecular weight excluding hydrogens is 633 g/mol. The van der Waals surface area contributed by atoms with Crippen molar-refractivity contribution in [1.82, 2.24) is 0 Å². The molecular formula is C50H76S. The van der Waals surface area contributed by atoms with Gasteiger partial charge in [-0.3, -0.25) is 0 Å². The molecule has 16 unspecified atom stereocenters. The van der Waals surface area contributed by atoms with E-state index >= 15 is 0 Å². The zero-order valence-corrected chi connectivity index (χ0v) is 33.8. The quantitative estimate of drug-likeness (QED) is 0.262. The molecule has 10 aliphatic carbocycles. The minimum absolute atomic E-state index is 0.795. The molecule has 11 rings (SSSR count). The molecule has 282 valence electrons. The summed E-state index contributed by atoms with van der Waals surface area (Å²) in [6.45, 7) is 2.72. The number of fused-ring (bicyclic) bond motifs is 10. The van der Waals surface area contributed by atoms with Crippen LogP contribution in [0.5, 0.6) is 0 Å². The standard InChI is InChI=1S/C50H76S/c1-30-41(32-15-6-3-7-16-32)25-34(31-13-4-2-5-14-31)26-42(30)40-21-12-20-39-35-17-8-9-18-36(35)43-28-45-46(29-44(43)50(39)40)49(45)33-23-24-38-37-19-10-11-22-47(37)51-48(38)27-33/h25,31-33,35-41,43-50H,2-24,26-29H2,1H3. The first-order valence-electron chi connectivity index (χ1n) is 24.3. The predicted octanol–water partition coefficient (Wildman–Crippen LogP) is 14.2. The van der Waals surface area contributed by atoms with Crippen molar-refractivity contribution in [2.45, 2.75) is 191 Å². The van der Waals surface area contributed by atoms with Crippen molar-refractivity contribution in [2.24, 2.45) is 94.7 Å². The lowest BCUT2D eigenvalue weighted by atomic mass is 9.45. The van der Waals surface area contributed by atoms with Gasteiger partial charge in [-0.25, -0.2) is 0 Å². The Balaban J connectivity index is 0.886. The lowest BCUT2D eigenvalue weighted by Gasteiger charge is -2.60. The van der Waals surface area contributed by atoms with Gasteiger partial charge in [-0.1, -0.05) is 93.4 Å². The highest BCUT2D eigenvalue weighted by Crippen LogP contribution is 2.72. The second-order valence-corrected chi connectivity index (χ2v) is 23.4. The van der Waals surface area contributed by atoms with E-state index in [9.17, 15) is 0 Å². The van der Waals surface area contributed by atoms with Crippen LogP contribution in [0.15, 0.2) is 22.8 Å². The third kappa shape index (κ3) is 5.91. The lowest BCUT2D eigenvalue weighted by molar-refractivity contribution is -0.0965. The summed E-state index contributed by atoms with van der Waals surface area (Å²) in [7, 11) is 0. The molecule has 9 saturated carbocycles. The summed E-state index contributed by atoms with van der Waals surface area (Å²) in [5.74, 6) is 16.9. The van der Waals surface area contributed by atoms with E-state index in [4.69, 9.17) is 0 Å². The fourth-order valence-corrected chi connectivity index (χ4v) is 20.3. The van der Waals surface area contributed by atoms with Crippen molar-refractivity contribution in [3.8, 4) is 0 Å². The fourth-order valence-electron chi connectivity index (χ4n) is 18.1. The maximum absolute atomic E-state index is 2.97. The number of allylic oxidation sites excluding steroid dienone is 4. The van der Waals surface area contributed by atoms with E-state index in [1.165, 1.54) is 77.0 Å². The topological polar surface area (TPSA) is 0 Å².